The quantitative estimate of drug-likeness (QED) is 0.667. The molecule has 2 aromatic carbocycles. The fraction of sp³-hybridized carbons (Fsp3) is 0.0625. The summed E-state index contributed by atoms with van der Waals surface area (Å²) in [6.45, 7) is 0. The van der Waals surface area contributed by atoms with E-state index in [1.54, 1.807) is 24.3 Å². The van der Waals surface area contributed by atoms with Crippen LogP contribution in [0.2, 0.25) is 0 Å². The van der Waals surface area contributed by atoms with Crippen LogP contribution < -0.4 is 16.3 Å². The lowest BCUT2D eigenvalue weighted by Crippen LogP contribution is -2.21. The Morgan fingerprint density at radius 1 is 1.08 bits per heavy atom. The number of halogens is 3. The number of carbonyl (C=O) groups is 1. The summed E-state index contributed by atoms with van der Waals surface area (Å²) in [6, 6.07) is 10.1. The molecule has 0 aliphatic heterocycles. The standard InChI is InChI=1S/C16H12F3N5O2/c17-16(18,19)10-4-3-5-11(8-10)21-15(26)22-12-6-1-2-7-13(12)24-9-20-14(25)23-24/h1-9H,(H,23,25)(H2,21,22,26). The first-order valence-corrected chi connectivity index (χ1v) is 7.31. The molecule has 1 heterocycles. The van der Waals surface area contributed by atoms with Gasteiger partial charge in [-0.15, -0.1) is 0 Å². The first kappa shape index (κ1) is 17.3. The molecule has 0 radical (unpaired) electrons. The smallest absolute Gasteiger partial charge is 0.308 e. The normalized spacial score (nSPS) is 11.2. The van der Waals surface area contributed by atoms with E-state index in [0.717, 1.165) is 12.1 Å². The summed E-state index contributed by atoms with van der Waals surface area (Å²) in [4.78, 5) is 26.8. The Kier molecular flexibility index (Phi) is 4.48. The third-order valence-electron chi connectivity index (χ3n) is 3.37. The molecule has 3 N–H and O–H groups in total. The number of rotatable bonds is 3. The van der Waals surface area contributed by atoms with Crippen LogP contribution in [0.25, 0.3) is 5.69 Å². The van der Waals surface area contributed by atoms with Crippen molar-refractivity contribution in [2.75, 3.05) is 10.6 Å². The molecule has 0 saturated carbocycles. The van der Waals surface area contributed by atoms with Crippen LogP contribution in [0.15, 0.2) is 59.7 Å². The molecule has 3 rings (SSSR count). The van der Waals surface area contributed by atoms with Crippen LogP contribution in [0.1, 0.15) is 5.56 Å². The largest absolute Gasteiger partial charge is 0.416 e. The predicted octanol–water partition coefficient (Wildman–Crippen LogP) is 3.22. The summed E-state index contributed by atoms with van der Waals surface area (Å²) in [5.74, 6) is 0. The molecule has 7 nitrogen and oxygen atoms in total. The molecular weight excluding hydrogens is 351 g/mol. The number of hydrogen-bond acceptors (Lipinski definition) is 3. The second-order valence-corrected chi connectivity index (χ2v) is 5.21. The van der Waals surface area contributed by atoms with Crippen molar-refractivity contribution in [3.05, 3.63) is 70.9 Å². The van der Waals surface area contributed by atoms with Crippen molar-refractivity contribution in [1.82, 2.24) is 14.8 Å². The SMILES string of the molecule is O=C(Nc1cccc(C(F)(F)F)c1)Nc1ccccc1-n1cnc(=O)[nH]1. The van der Waals surface area contributed by atoms with Gasteiger partial charge in [-0.25, -0.2) is 19.4 Å². The minimum atomic E-state index is -4.51. The number of hydrogen-bond donors (Lipinski definition) is 3. The highest BCUT2D eigenvalue weighted by molar-refractivity contribution is 6.01. The summed E-state index contributed by atoms with van der Waals surface area (Å²) in [5.41, 5.74) is -0.683. The second kappa shape index (κ2) is 6.75. The highest BCUT2D eigenvalue weighted by Crippen LogP contribution is 2.30. The van der Waals surface area contributed by atoms with Crippen LogP contribution in [0, 0.1) is 0 Å². The van der Waals surface area contributed by atoms with Gasteiger partial charge in [-0.05, 0) is 30.3 Å². The van der Waals surface area contributed by atoms with Gasteiger partial charge in [0.15, 0.2) is 0 Å². The van der Waals surface area contributed by atoms with Gasteiger partial charge < -0.3 is 10.6 Å². The number of nitrogens with one attached hydrogen (secondary N) is 3. The third-order valence-corrected chi connectivity index (χ3v) is 3.37. The number of urea groups is 1. The molecule has 0 aliphatic rings. The molecule has 134 valence electrons. The molecule has 10 heteroatoms. The van der Waals surface area contributed by atoms with Gasteiger partial charge in [0, 0.05) is 5.69 Å². The minimum absolute atomic E-state index is 0.00848. The third kappa shape index (κ3) is 3.91. The molecule has 0 aliphatic carbocycles. The first-order valence-electron chi connectivity index (χ1n) is 7.31. The average molecular weight is 363 g/mol. The zero-order valence-corrected chi connectivity index (χ0v) is 13.0. The Labute approximate surface area is 144 Å². The van der Waals surface area contributed by atoms with E-state index in [9.17, 15) is 22.8 Å². The van der Waals surface area contributed by atoms with Gasteiger partial charge in [0.2, 0.25) is 0 Å². The van der Waals surface area contributed by atoms with Crippen LogP contribution in [-0.2, 0) is 6.18 Å². The van der Waals surface area contributed by atoms with Gasteiger partial charge in [0.05, 0.1) is 16.9 Å². The lowest BCUT2D eigenvalue weighted by Gasteiger charge is -2.13. The number of aromatic nitrogens is 3. The number of para-hydroxylation sites is 2. The van der Waals surface area contributed by atoms with Crippen molar-refractivity contribution in [1.29, 1.82) is 0 Å². The van der Waals surface area contributed by atoms with E-state index in [2.05, 4.69) is 20.7 Å². The fourth-order valence-electron chi connectivity index (χ4n) is 2.24. The Morgan fingerprint density at radius 2 is 1.85 bits per heavy atom. The summed E-state index contributed by atoms with van der Waals surface area (Å²) in [7, 11) is 0. The van der Waals surface area contributed by atoms with E-state index >= 15 is 0 Å². The van der Waals surface area contributed by atoms with Crippen molar-refractivity contribution in [3.63, 3.8) is 0 Å². The maximum Gasteiger partial charge on any atom is 0.416 e. The van der Waals surface area contributed by atoms with E-state index in [1.165, 1.54) is 23.1 Å². The Balaban J connectivity index is 1.79. The van der Waals surface area contributed by atoms with E-state index in [4.69, 9.17) is 0 Å². The van der Waals surface area contributed by atoms with Crippen LogP contribution in [0.3, 0.4) is 0 Å². The zero-order valence-electron chi connectivity index (χ0n) is 13.0. The summed E-state index contributed by atoms with van der Waals surface area (Å²) in [5, 5.41) is 7.30. The molecule has 0 saturated heterocycles. The van der Waals surface area contributed by atoms with E-state index in [1.807, 2.05) is 0 Å². The van der Waals surface area contributed by atoms with Crippen molar-refractivity contribution in [3.8, 4) is 5.69 Å². The maximum atomic E-state index is 12.7. The van der Waals surface area contributed by atoms with Crippen molar-refractivity contribution < 1.29 is 18.0 Å². The molecule has 26 heavy (non-hydrogen) atoms. The molecule has 2 amide bonds. The molecule has 0 spiro atoms. The second-order valence-electron chi connectivity index (χ2n) is 5.21. The highest BCUT2D eigenvalue weighted by atomic mass is 19.4. The Hall–Kier alpha value is -3.56. The van der Waals surface area contributed by atoms with Gasteiger partial charge in [0.1, 0.15) is 6.33 Å². The molecule has 0 atom stereocenters. The van der Waals surface area contributed by atoms with Gasteiger partial charge >= 0.3 is 17.9 Å². The van der Waals surface area contributed by atoms with E-state index < -0.39 is 23.5 Å². The number of alkyl halides is 3. The van der Waals surface area contributed by atoms with Crippen LogP contribution >= 0.6 is 0 Å². The topological polar surface area (TPSA) is 91.8 Å². The summed E-state index contributed by atoms with van der Waals surface area (Å²) < 4.78 is 39.5. The van der Waals surface area contributed by atoms with Crippen molar-refractivity contribution >= 4 is 17.4 Å². The van der Waals surface area contributed by atoms with E-state index in [-0.39, 0.29) is 5.69 Å². The number of aromatic amines is 1. The lowest BCUT2D eigenvalue weighted by molar-refractivity contribution is -0.137. The number of benzene rings is 2. The van der Waals surface area contributed by atoms with Crippen molar-refractivity contribution in [2.24, 2.45) is 0 Å². The van der Waals surface area contributed by atoms with Crippen molar-refractivity contribution in [2.45, 2.75) is 6.18 Å². The number of carbonyl (C=O) groups excluding carboxylic acids is 1. The fourth-order valence-corrected chi connectivity index (χ4v) is 2.24. The van der Waals surface area contributed by atoms with Crippen LogP contribution in [-0.4, -0.2) is 20.8 Å². The Bertz CT molecular complexity index is 994. The number of amides is 2. The number of anilines is 2. The predicted molar refractivity (Wildman–Crippen MR) is 88.3 cm³/mol. The monoisotopic (exact) mass is 363 g/mol. The Morgan fingerprint density at radius 3 is 2.54 bits per heavy atom. The van der Waals surface area contributed by atoms with E-state index in [0.29, 0.717) is 11.4 Å². The van der Waals surface area contributed by atoms with Gasteiger partial charge in [0.25, 0.3) is 0 Å². The number of nitrogens with zero attached hydrogens (tertiary/aromatic N) is 2. The van der Waals surface area contributed by atoms with Crippen LogP contribution in [0.5, 0.6) is 0 Å². The van der Waals surface area contributed by atoms with Crippen LogP contribution in [0.4, 0.5) is 29.3 Å². The van der Waals surface area contributed by atoms with Gasteiger partial charge in [-0.1, -0.05) is 18.2 Å². The molecule has 0 fully saturated rings. The average Bonchev–Trinajstić information content (AvgIpc) is 3.01. The summed E-state index contributed by atoms with van der Waals surface area (Å²) in [6.07, 6.45) is -3.26. The highest BCUT2D eigenvalue weighted by Gasteiger charge is 2.30. The van der Waals surface area contributed by atoms with Gasteiger partial charge in [-0.2, -0.15) is 18.2 Å². The zero-order chi connectivity index (χ0) is 18.7. The maximum absolute atomic E-state index is 12.7. The summed E-state index contributed by atoms with van der Waals surface area (Å²) >= 11 is 0. The molecule has 0 bridgehead atoms. The number of H-pyrrole nitrogens is 1. The van der Waals surface area contributed by atoms with Gasteiger partial charge in [-0.3, -0.25) is 0 Å². The first-order chi connectivity index (χ1) is 12.3. The lowest BCUT2D eigenvalue weighted by atomic mass is 10.2. The molecule has 3 aromatic rings. The molecule has 1 aromatic heterocycles. The molecule has 0 unspecified atom stereocenters. The molecular formula is C16H12F3N5O2. The minimum Gasteiger partial charge on any atom is -0.308 e.